The zero-order chi connectivity index (χ0) is 24.1. The van der Waals surface area contributed by atoms with Crippen molar-refractivity contribution in [1.29, 1.82) is 0 Å². The molecule has 1 aliphatic rings. The van der Waals surface area contributed by atoms with Crippen molar-refractivity contribution >= 4 is 51.0 Å². The SMILES string of the molecule is CCCCCCCCCCOC(=O)CC1C(=O)NCCN1C(=S)NC(=O)c1cccc(Br)c1. The van der Waals surface area contributed by atoms with Crippen LogP contribution in [0.4, 0.5) is 0 Å². The molecule has 0 spiro atoms. The molecule has 7 nitrogen and oxygen atoms in total. The van der Waals surface area contributed by atoms with Crippen LogP contribution in [0.15, 0.2) is 28.7 Å². The van der Waals surface area contributed by atoms with Crippen LogP contribution in [0.2, 0.25) is 0 Å². The number of piperazine rings is 1. The van der Waals surface area contributed by atoms with E-state index < -0.39 is 12.0 Å². The van der Waals surface area contributed by atoms with Gasteiger partial charge in [-0.15, -0.1) is 0 Å². The first-order valence-electron chi connectivity index (χ1n) is 11.7. The Labute approximate surface area is 210 Å². The lowest BCUT2D eigenvalue weighted by Gasteiger charge is -2.36. The Balaban J connectivity index is 1.78. The molecule has 1 aromatic carbocycles. The molecule has 2 rings (SSSR count). The number of amides is 2. The van der Waals surface area contributed by atoms with Crippen molar-refractivity contribution in [3.05, 3.63) is 34.3 Å². The Hall–Kier alpha value is -2.00. The van der Waals surface area contributed by atoms with Crippen LogP contribution in [-0.2, 0) is 14.3 Å². The van der Waals surface area contributed by atoms with E-state index in [1.54, 1.807) is 23.1 Å². The van der Waals surface area contributed by atoms with Crippen molar-refractivity contribution in [2.75, 3.05) is 19.7 Å². The molecule has 0 aliphatic carbocycles. The van der Waals surface area contributed by atoms with Gasteiger partial charge in [0, 0.05) is 23.1 Å². The summed E-state index contributed by atoms with van der Waals surface area (Å²) in [6.07, 6.45) is 9.18. The summed E-state index contributed by atoms with van der Waals surface area (Å²) in [5, 5.41) is 5.54. The van der Waals surface area contributed by atoms with Gasteiger partial charge in [-0.25, -0.2) is 0 Å². The first-order valence-corrected chi connectivity index (χ1v) is 12.9. The maximum Gasteiger partial charge on any atom is 0.308 e. The first kappa shape index (κ1) is 27.2. The third-order valence-electron chi connectivity index (χ3n) is 5.52. The number of carbonyl (C=O) groups is 3. The van der Waals surface area contributed by atoms with Gasteiger partial charge in [0.2, 0.25) is 5.91 Å². The number of ether oxygens (including phenoxy) is 1. The summed E-state index contributed by atoms with van der Waals surface area (Å²) in [4.78, 5) is 38.9. The summed E-state index contributed by atoms with van der Waals surface area (Å²) < 4.78 is 6.12. The Morgan fingerprint density at radius 1 is 1.18 bits per heavy atom. The molecular formula is C24H34BrN3O4S. The Kier molecular flexibility index (Phi) is 12.4. The van der Waals surface area contributed by atoms with Gasteiger partial charge in [0.15, 0.2) is 5.11 Å². The highest BCUT2D eigenvalue weighted by Gasteiger charge is 2.34. The maximum absolute atomic E-state index is 12.5. The number of hydrogen-bond acceptors (Lipinski definition) is 5. The lowest BCUT2D eigenvalue weighted by atomic mass is 10.1. The summed E-state index contributed by atoms with van der Waals surface area (Å²) in [6.45, 7) is 3.35. The molecule has 1 unspecified atom stereocenters. The third kappa shape index (κ3) is 9.80. The zero-order valence-corrected chi connectivity index (χ0v) is 21.6. The minimum Gasteiger partial charge on any atom is -0.466 e. The molecule has 2 amide bonds. The lowest BCUT2D eigenvalue weighted by Crippen LogP contribution is -2.60. The van der Waals surface area contributed by atoms with Crippen molar-refractivity contribution in [1.82, 2.24) is 15.5 Å². The second kappa shape index (κ2) is 15.0. The number of esters is 1. The molecule has 182 valence electrons. The van der Waals surface area contributed by atoms with E-state index in [9.17, 15) is 14.4 Å². The fraction of sp³-hybridized carbons (Fsp3) is 0.583. The molecule has 1 aliphatic heterocycles. The fourth-order valence-electron chi connectivity index (χ4n) is 3.67. The van der Waals surface area contributed by atoms with Crippen LogP contribution in [0, 0.1) is 0 Å². The largest absolute Gasteiger partial charge is 0.466 e. The predicted octanol–water partition coefficient (Wildman–Crippen LogP) is 4.34. The summed E-state index contributed by atoms with van der Waals surface area (Å²) in [5.74, 6) is -1.11. The summed E-state index contributed by atoms with van der Waals surface area (Å²) in [5.41, 5.74) is 0.439. The Bertz CT molecular complexity index is 821. The molecule has 1 fully saturated rings. The molecule has 0 bridgehead atoms. The number of thiocarbonyl (C=S) groups is 1. The molecule has 1 heterocycles. The predicted molar refractivity (Wildman–Crippen MR) is 136 cm³/mol. The first-order chi connectivity index (χ1) is 15.9. The van der Waals surface area contributed by atoms with Crippen molar-refractivity contribution in [2.45, 2.75) is 70.8 Å². The van der Waals surface area contributed by atoms with Gasteiger partial charge >= 0.3 is 5.97 Å². The van der Waals surface area contributed by atoms with Crippen molar-refractivity contribution in [2.24, 2.45) is 0 Å². The van der Waals surface area contributed by atoms with E-state index in [1.807, 2.05) is 6.07 Å². The maximum atomic E-state index is 12.5. The van der Waals surface area contributed by atoms with Gasteiger partial charge in [-0.1, -0.05) is 73.9 Å². The number of nitrogens with zero attached hydrogens (tertiary/aromatic N) is 1. The molecule has 33 heavy (non-hydrogen) atoms. The zero-order valence-electron chi connectivity index (χ0n) is 19.2. The van der Waals surface area contributed by atoms with Gasteiger partial charge in [0.05, 0.1) is 13.0 Å². The second-order valence-electron chi connectivity index (χ2n) is 8.17. The van der Waals surface area contributed by atoms with Crippen molar-refractivity contribution in [3.63, 3.8) is 0 Å². The van der Waals surface area contributed by atoms with Crippen molar-refractivity contribution in [3.8, 4) is 0 Å². The quantitative estimate of drug-likeness (QED) is 0.233. The molecule has 0 aromatic heterocycles. The van der Waals surface area contributed by atoms with Crippen LogP contribution in [0.25, 0.3) is 0 Å². The third-order valence-corrected chi connectivity index (χ3v) is 6.35. The lowest BCUT2D eigenvalue weighted by molar-refractivity contribution is -0.147. The molecule has 1 aromatic rings. The second-order valence-corrected chi connectivity index (χ2v) is 9.47. The van der Waals surface area contributed by atoms with E-state index in [0.717, 1.165) is 23.7 Å². The van der Waals surface area contributed by atoms with Crippen molar-refractivity contribution < 1.29 is 19.1 Å². The molecular weight excluding hydrogens is 506 g/mol. The van der Waals surface area contributed by atoms with Gasteiger partial charge in [-0.2, -0.15) is 0 Å². The smallest absolute Gasteiger partial charge is 0.308 e. The molecule has 0 saturated carbocycles. The molecule has 1 saturated heterocycles. The number of rotatable bonds is 12. The standard InChI is InChI=1S/C24H34BrN3O4S/c1-2-3-4-5-6-7-8-9-15-32-21(29)17-20-23(31)26-13-14-28(20)24(33)27-22(30)18-11-10-12-19(25)16-18/h10-12,16,20H,2-9,13-15,17H2,1H3,(H,26,31)(H,27,30,33). The Morgan fingerprint density at radius 2 is 1.88 bits per heavy atom. The van der Waals surface area contributed by atoms with E-state index in [2.05, 4.69) is 33.5 Å². The van der Waals surface area contributed by atoms with E-state index in [0.29, 0.717) is 25.3 Å². The van der Waals surface area contributed by atoms with Gasteiger partial charge in [0.25, 0.3) is 5.91 Å². The Morgan fingerprint density at radius 3 is 2.58 bits per heavy atom. The van der Waals surface area contributed by atoms with Crippen LogP contribution in [0.1, 0.15) is 75.1 Å². The average Bonchev–Trinajstić information content (AvgIpc) is 2.79. The average molecular weight is 541 g/mol. The van der Waals surface area contributed by atoms with E-state index in [1.165, 1.54) is 32.1 Å². The fourth-order valence-corrected chi connectivity index (χ4v) is 4.38. The van der Waals surface area contributed by atoms with E-state index in [4.69, 9.17) is 17.0 Å². The number of benzene rings is 1. The summed E-state index contributed by atoms with van der Waals surface area (Å²) in [7, 11) is 0. The van der Waals surface area contributed by atoms with Crippen LogP contribution >= 0.6 is 28.1 Å². The summed E-state index contributed by atoms with van der Waals surface area (Å²) in [6, 6.07) is 6.12. The minimum absolute atomic E-state index is 0.115. The monoisotopic (exact) mass is 539 g/mol. The van der Waals surface area contributed by atoms with E-state index in [-0.39, 0.29) is 23.3 Å². The van der Waals surface area contributed by atoms with Crippen LogP contribution in [-0.4, -0.2) is 53.5 Å². The van der Waals surface area contributed by atoms with Gasteiger partial charge < -0.3 is 15.0 Å². The van der Waals surface area contributed by atoms with Crippen LogP contribution in [0.3, 0.4) is 0 Å². The molecule has 9 heteroatoms. The number of halogens is 1. The topological polar surface area (TPSA) is 87.7 Å². The number of nitrogens with one attached hydrogen (secondary N) is 2. The number of carbonyl (C=O) groups excluding carboxylic acids is 3. The number of hydrogen-bond donors (Lipinski definition) is 2. The van der Waals surface area contributed by atoms with E-state index >= 15 is 0 Å². The molecule has 2 N–H and O–H groups in total. The van der Waals surface area contributed by atoms with Crippen LogP contribution < -0.4 is 10.6 Å². The van der Waals surface area contributed by atoms with Gasteiger partial charge in [0.1, 0.15) is 6.04 Å². The summed E-state index contributed by atoms with van der Waals surface area (Å²) >= 11 is 8.73. The number of unbranched alkanes of at least 4 members (excludes halogenated alkanes) is 7. The molecule has 1 atom stereocenters. The minimum atomic E-state index is -0.805. The normalized spacial score (nSPS) is 15.6. The molecule has 0 radical (unpaired) electrons. The van der Waals surface area contributed by atoms with Gasteiger partial charge in [-0.3, -0.25) is 19.7 Å². The highest BCUT2D eigenvalue weighted by molar-refractivity contribution is 9.10. The highest BCUT2D eigenvalue weighted by atomic mass is 79.9. The van der Waals surface area contributed by atoms with Crippen LogP contribution in [0.5, 0.6) is 0 Å². The highest BCUT2D eigenvalue weighted by Crippen LogP contribution is 2.14. The van der Waals surface area contributed by atoms with Gasteiger partial charge in [-0.05, 0) is 36.8 Å².